The molecule has 2 unspecified atom stereocenters. The molecule has 3 nitrogen and oxygen atoms in total. The van der Waals surface area contributed by atoms with E-state index in [0.29, 0.717) is 11.9 Å². The van der Waals surface area contributed by atoms with Crippen LogP contribution in [-0.4, -0.2) is 12.3 Å². The summed E-state index contributed by atoms with van der Waals surface area (Å²) in [5.74, 6) is -7.79. The van der Waals surface area contributed by atoms with E-state index in [1.807, 2.05) is 0 Å². The van der Waals surface area contributed by atoms with Crippen LogP contribution in [0.1, 0.15) is 31.9 Å². The maximum atomic E-state index is 13.8. The molecule has 25 heavy (non-hydrogen) atoms. The predicted octanol–water partition coefficient (Wildman–Crippen LogP) is 4.01. The van der Waals surface area contributed by atoms with E-state index in [9.17, 15) is 27.2 Å². The number of aldehydes is 1. The summed E-state index contributed by atoms with van der Waals surface area (Å²) in [6.07, 6.45) is 2.28. The summed E-state index contributed by atoms with van der Waals surface area (Å²) >= 11 is 0. The Balaban J connectivity index is 2.16. The zero-order valence-electron chi connectivity index (χ0n) is 14.3. The number of carbonyl (C=O) groups excluding carboxylic acids is 2. The van der Waals surface area contributed by atoms with Gasteiger partial charge in [-0.2, -0.15) is 0 Å². The lowest BCUT2D eigenvalue weighted by Gasteiger charge is -2.10. The van der Waals surface area contributed by atoms with E-state index in [-0.39, 0.29) is 5.92 Å². The molecule has 7 heteroatoms. The molecule has 1 aromatic rings. The van der Waals surface area contributed by atoms with Crippen LogP contribution >= 0.6 is 0 Å². The Kier molecular flexibility index (Phi) is 5.06. The first-order chi connectivity index (χ1) is 11.5. The van der Waals surface area contributed by atoms with Crippen molar-refractivity contribution >= 4 is 12.3 Å². The molecule has 1 aromatic carbocycles. The molecule has 0 radical (unpaired) electrons. The Morgan fingerprint density at radius 2 is 1.64 bits per heavy atom. The zero-order valence-corrected chi connectivity index (χ0v) is 14.3. The van der Waals surface area contributed by atoms with E-state index < -0.39 is 58.3 Å². The monoisotopic (exact) mass is 358 g/mol. The average Bonchev–Trinajstić information content (AvgIpc) is 3.10. The molecular weight excluding hydrogens is 340 g/mol. The molecule has 0 heterocycles. The number of halogens is 4. The van der Waals surface area contributed by atoms with Gasteiger partial charge in [0.25, 0.3) is 0 Å². The van der Waals surface area contributed by atoms with Gasteiger partial charge in [0, 0.05) is 5.56 Å². The van der Waals surface area contributed by atoms with E-state index >= 15 is 0 Å². The second-order valence-corrected chi connectivity index (χ2v) is 6.82. The smallest absolute Gasteiger partial charge is 0.310 e. The van der Waals surface area contributed by atoms with Gasteiger partial charge in [0.1, 0.15) is 12.9 Å². The summed E-state index contributed by atoms with van der Waals surface area (Å²) in [5, 5.41) is 0. The molecule has 1 fully saturated rings. The summed E-state index contributed by atoms with van der Waals surface area (Å²) in [5.41, 5.74) is -1.78. The first kappa shape index (κ1) is 19.1. The van der Waals surface area contributed by atoms with Crippen molar-refractivity contribution in [1.29, 1.82) is 0 Å². The van der Waals surface area contributed by atoms with Crippen molar-refractivity contribution in [3.63, 3.8) is 0 Å². The normalized spacial score (nSPS) is 21.8. The van der Waals surface area contributed by atoms with Gasteiger partial charge < -0.3 is 4.74 Å². The minimum absolute atomic E-state index is 0.258. The number of allylic oxidation sites excluding steroid dienone is 2. The van der Waals surface area contributed by atoms with E-state index in [1.54, 1.807) is 26.8 Å². The third-order valence-electron chi connectivity index (χ3n) is 4.73. The highest BCUT2D eigenvalue weighted by molar-refractivity contribution is 5.79. The van der Waals surface area contributed by atoms with E-state index in [4.69, 9.17) is 4.74 Å². The largest absolute Gasteiger partial charge is 0.460 e. The van der Waals surface area contributed by atoms with E-state index in [2.05, 4.69) is 0 Å². The van der Waals surface area contributed by atoms with Crippen LogP contribution in [0.3, 0.4) is 0 Å². The van der Waals surface area contributed by atoms with Gasteiger partial charge in [0.15, 0.2) is 23.3 Å². The minimum Gasteiger partial charge on any atom is -0.460 e. The minimum atomic E-state index is -1.58. The second-order valence-electron chi connectivity index (χ2n) is 6.82. The van der Waals surface area contributed by atoms with Crippen LogP contribution in [0, 0.1) is 47.4 Å². The SMILES string of the molecule is CC(C=O)=CC1C(C(=O)OCc2c(F)c(F)c(C)c(F)c2F)C1(C)C. The van der Waals surface area contributed by atoms with Crippen molar-refractivity contribution < 1.29 is 31.9 Å². The van der Waals surface area contributed by atoms with Crippen molar-refractivity contribution in [2.45, 2.75) is 34.3 Å². The molecule has 136 valence electrons. The standard InChI is InChI=1S/C18H18F4O3/c1-8(6-23)5-11-12(18(11,3)4)17(24)25-7-10-15(21)13(19)9(2)14(20)16(10)22/h5-6,11-12H,7H2,1-4H3. The van der Waals surface area contributed by atoms with Crippen LogP contribution in [0.15, 0.2) is 11.6 Å². The maximum absolute atomic E-state index is 13.8. The highest BCUT2D eigenvalue weighted by atomic mass is 19.2. The van der Waals surface area contributed by atoms with Gasteiger partial charge in [0.05, 0.1) is 11.5 Å². The quantitative estimate of drug-likeness (QED) is 0.263. The van der Waals surface area contributed by atoms with Crippen LogP contribution in [-0.2, 0) is 20.9 Å². The third-order valence-corrected chi connectivity index (χ3v) is 4.73. The molecule has 0 aromatic heterocycles. The van der Waals surface area contributed by atoms with Crippen LogP contribution < -0.4 is 0 Å². The fourth-order valence-electron chi connectivity index (χ4n) is 2.91. The van der Waals surface area contributed by atoms with Crippen molar-refractivity contribution in [1.82, 2.24) is 0 Å². The Bertz CT molecular complexity index is 739. The summed E-state index contributed by atoms with van der Waals surface area (Å²) in [4.78, 5) is 22.9. The molecular formula is C18H18F4O3. The molecule has 1 aliphatic rings. The molecule has 0 amide bonds. The van der Waals surface area contributed by atoms with Crippen molar-refractivity contribution in [2.75, 3.05) is 0 Å². The van der Waals surface area contributed by atoms with Gasteiger partial charge >= 0.3 is 5.97 Å². The van der Waals surface area contributed by atoms with Crippen LogP contribution in [0.25, 0.3) is 0 Å². The predicted molar refractivity (Wildman–Crippen MR) is 81.4 cm³/mol. The molecule has 1 aliphatic carbocycles. The lowest BCUT2D eigenvalue weighted by atomic mass is 10.1. The number of esters is 1. The lowest BCUT2D eigenvalue weighted by molar-refractivity contribution is -0.147. The average molecular weight is 358 g/mol. The molecule has 2 rings (SSSR count). The van der Waals surface area contributed by atoms with Gasteiger partial charge in [0.2, 0.25) is 0 Å². The van der Waals surface area contributed by atoms with E-state index in [0.717, 1.165) is 6.92 Å². The number of hydrogen-bond donors (Lipinski definition) is 0. The van der Waals surface area contributed by atoms with Crippen molar-refractivity contribution in [3.05, 3.63) is 46.0 Å². The number of benzene rings is 1. The number of ether oxygens (including phenoxy) is 1. The number of hydrogen-bond acceptors (Lipinski definition) is 3. The van der Waals surface area contributed by atoms with Gasteiger partial charge in [-0.15, -0.1) is 0 Å². The van der Waals surface area contributed by atoms with Crippen molar-refractivity contribution in [2.24, 2.45) is 17.3 Å². The lowest BCUT2D eigenvalue weighted by Crippen LogP contribution is -2.14. The van der Waals surface area contributed by atoms with E-state index in [1.165, 1.54) is 0 Å². The molecule has 0 bridgehead atoms. The fourth-order valence-corrected chi connectivity index (χ4v) is 2.91. The molecule has 0 spiro atoms. The van der Waals surface area contributed by atoms with Gasteiger partial charge in [-0.05, 0) is 30.8 Å². The van der Waals surface area contributed by atoms with Crippen LogP contribution in [0.5, 0.6) is 0 Å². The topological polar surface area (TPSA) is 43.4 Å². The molecule has 0 saturated heterocycles. The first-order valence-corrected chi connectivity index (χ1v) is 7.65. The number of rotatable bonds is 5. The first-order valence-electron chi connectivity index (χ1n) is 7.65. The summed E-state index contributed by atoms with van der Waals surface area (Å²) in [6.45, 7) is 5.15. The molecule has 0 aliphatic heterocycles. The second kappa shape index (κ2) is 6.61. The van der Waals surface area contributed by atoms with Crippen molar-refractivity contribution in [3.8, 4) is 0 Å². The highest BCUT2D eigenvalue weighted by Crippen LogP contribution is 2.59. The van der Waals surface area contributed by atoms with Gasteiger partial charge in [-0.1, -0.05) is 19.9 Å². The Labute approximate surface area is 142 Å². The highest BCUT2D eigenvalue weighted by Gasteiger charge is 2.61. The summed E-state index contributed by atoms with van der Waals surface area (Å²) in [6, 6.07) is 0. The zero-order chi connectivity index (χ0) is 19.1. The molecule has 0 N–H and O–H groups in total. The third kappa shape index (κ3) is 3.32. The van der Waals surface area contributed by atoms with Gasteiger partial charge in [-0.25, -0.2) is 17.6 Å². The fraction of sp³-hybridized carbons (Fsp3) is 0.444. The molecule has 2 atom stereocenters. The maximum Gasteiger partial charge on any atom is 0.310 e. The van der Waals surface area contributed by atoms with Gasteiger partial charge in [-0.3, -0.25) is 9.59 Å². The van der Waals surface area contributed by atoms with Crippen LogP contribution in [0.4, 0.5) is 17.6 Å². The molecule has 1 saturated carbocycles. The Morgan fingerprint density at radius 1 is 1.12 bits per heavy atom. The number of carbonyl (C=O) groups is 2. The van der Waals surface area contributed by atoms with Crippen LogP contribution in [0.2, 0.25) is 0 Å². The Hall–Kier alpha value is -2.18. The Morgan fingerprint density at radius 3 is 2.12 bits per heavy atom. The summed E-state index contributed by atoms with van der Waals surface area (Å²) in [7, 11) is 0. The summed E-state index contributed by atoms with van der Waals surface area (Å²) < 4.78 is 59.5.